The fourth-order valence-corrected chi connectivity index (χ4v) is 8.29. The second kappa shape index (κ2) is 13.5. The fourth-order valence-electron chi connectivity index (χ4n) is 8.29. The maximum Gasteiger partial charge on any atom is 0.0542 e. The third-order valence-corrected chi connectivity index (χ3v) is 10.8. The van der Waals surface area contributed by atoms with E-state index in [4.69, 9.17) is 0 Å². The zero-order chi connectivity index (χ0) is 34.1. The van der Waals surface area contributed by atoms with E-state index < -0.39 is 0 Å². The molecule has 0 aliphatic heterocycles. The molecule has 2 heteroatoms. The summed E-state index contributed by atoms with van der Waals surface area (Å²) in [4.78, 5) is 2.47. The van der Waals surface area contributed by atoms with Crippen molar-refractivity contribution in [3.05, 3.63) is 198 Å². The van der Waals surface area contributed by atoms with Crippen LogP contribution in [-0.4, -0.2) is 4.57 Å². The molecule has 0 fully saturated rings. The summed E-state index contributed by atoms with van der Waals surface area (Å²) in [5, 5.41) is 2.52. The number of benzene rings is 5. The van der Waals surface area contributed by atoms with Gasteiger partial charge in [-0.1, -0.05) is 121 Å². The highest BCUT2D eigenvalue weighted by Crippen LogP contribution is 2.44. The number of para-hydroxylation sites is 1. The van der Waals surface area contributed by atoms with Crippen LogP contribution in [0.2, 0.25) is 0 Å². The first-order chi connectivity index (χ1) is 25.2. The summed E-state index contributed by atoms with van der Waals surface area (Å²) in [6, 6.07) is 43.2. The number of fused-ring (bicyclic) bond motifs is 6. The lowest BCUT2D eigenvalue weighted by molar-refractivity contribution is 0.629. The van der Waals surface area contributed by atoms with Gasteiger partial charge in [0.2, 0.25) is 0 Å². The van der Waals surface area contributed by atoms with Crippen molar-refractivity contribution in [2.24, 2.45) is 0 Å². The monoisotopic (exact) mass is 658 g/mol. The third kappa shape index (κ3) is 5.91. The highest BCUT2D eigenvalue weighted by Gasteiger charge is 2.25. The molecular weight excluding hydrogens is 617 g/mol. The van der Waals surface area contributed by atoms with E-state index in [9.17, 15) is 0 Å². The molecule has 6 aromatic rings. The van der Waals surface area contributed by atoms with Gasteiger partial charge in [0.25, 0.3) is 0 Å². The molecule has 3 aliphatic carbocycles. The molecule has 5 aromatic carbocycles. The van der Waals surface area contributed by atoms with Crippen molar-refractivity contribution in [2.45, 2.75) is 44.9 Å². The molecule has 2 nitrogen and oxygen atoms in total. The van der Waals surface area contributed by atoms with E-state index in [1.165, 1.54) is 72.3 Å². The first kappa shape index (κ1) is 31.1. The van der Waals surface area contributed by atoms with Gasteiger partial charge >= 0.3 is 0 Å². The van der Waals surface area contributed by atoms with E-state index in [-0.39, 0.29) is 0 Å². The van der Waals surface area contributed by atoms with Gasteiger partial charge in [0, 0.05) is 33.5 Å². The van der Waals surface area contributed by atoms with E-state index >= 15 is 0 Å². The van der Waals surface area contributed by atoms with Crippen molar-refractivity contribution >= 4 is 38.9 Å². The van der Waals surface area contributed by atoms with Gasteiger partial charge in [0.1, 0.15) is 0 Å². The van der Waals surface area contributed by atoms with Crippen LogP contribution in [0.4, 0.5) is 11.4 Å². The highest BCUT2D eigenvalue weighted by atomic mass is 15.1. The molecule has 0 radical (unpaired) electrons. The van der Waals surface area contributed by atoms with Crippen LogP contribution in [0.1, 0.15) is 48.8 Å². The van der Waals surface area contributed by atoms with Crippen LogP contribution in [0.15, 0.2) is 181 Å². The minimum atomic E-state index is 0.478. The number of hydrogen-bond acceptors (Lipinski definition) is 1. The Morgan fingerprint density at radius 1 is 0.667 bits per heavy atom. The molecule has 248 valence electrons. The van der Waals surface area contributed by atoms with Gasteiger partial charge in [0.05, 0.1) is 11.0 Å². The fraction of sp³-hybridized carbons (Fsp3) is 0.143. The largest absolute Gasteiger partial charge is 0.311 e. The molecule has 1 unspecified atom stereocenters. The molecule has 0 spiro atoms. The van der Waals surface area contributed by atoms with E-state index in [1.807, 2.05) is 0 Å². The number of aryl methyl sites for hydroxylation is 1. The molecule has 1 aromatic heterocycles. The van der Waals surface area contributed by atoms with Crippen LogP contribution < -0.4 is 4.90 Å². The normalized spacial score (nSPS) is 16.8. The molecule has 1 atom stereocenters. The van der Waals surface area contributed by atoms with Gasteiger partial charge in [-0.05, 0) is 127 Å². The Bertz CT molecular complexity index is 2460. The molecule has 0 saturated heterocycles. The molecule has 1 heterocycles. The quantitative estimate of drug-likeness (QED) is 0.173. The molecule has 0 bridgehead atoms. The lowest BCUT2D eigenvalue weighted by Gasteiger charge is -2.28. The van der Waals surface area contributed by atoms with Gasteiger partial charge in [-0.15, -0.1) is 0 Å². The second-order valence-electron chi connectivity index (χ2n) is 14.0. The third-order valence-electron chi connectivity index (χ3n) is 10.8. The molecule has 51 heavy (non-hydrogen) atoms. The van der Waals surface area contributed by atoms with E-state index in [1.54, 1.807) is 0 Å². The Labute approximate surface area is 301 Å². The van der Waals surface area contributed by atoms with Crippen LogP contribution in [0.5, 0.6) is 0 Å². The Kier molecular flexibility index (Phi) is 8.22. The van der Waals surface area contributed by atoms with Crippen molar-refractivity contribution < 1.29 is 0 Å². The summed E-state index contributed by atoms with van der Waals surface area (Å²) in [6.07, 6.45) is 25.4. The van der Waals surface area contributed by atoms with Gasteiger partial charge in [0.15, 0.2) is 0 Å². The SMILES string of the molecule is CC1=CCC=C(N(c2ccc3c(c2)-c2ccccc2C(Cc2ccccc2)CC3)c2ccc3c(c2)c2ccccc2n3C2=CC=CCC=C2)C=C1. The van der Waals surface area contributed by atoms with Crippen LogP contribution in [0.3, 0.4) is 0 Å². The average Bonchev–Trinajstić information content (AvgIpc) is 3.43. The molecule has 9 rings (SSSR count). The summed E-state index contributed by atoms with van der Waals surface area (Å²) < 4.78 is 2.41. The Morgan fingerprint density at radius 3 is 2.41 bits per heavy atom. The number of nitrogens with zero attached hydrogens (tertiary/aromatic N) is 2. The summed E-state index contributed by atoms with van der Waals surface area (Å²) >= 11 is 0. The minimum absolute atomic E-state index is 0.478. The molecule has 0 N–H and O–H groups in total. The maximum absolute atomic E-state index is 2.47. The molecule has 0 amide bonds. The lowest BCUT2D eigenvalue weighted by atomic mass is 9.86. The van der Waals surface area contributed by atoms with Crippen LogP contribution in [0.25, 0.3) is 38.6 Å². The summed E-state index contributed by atoms with van der Waals surface area (Å²) in [6.45, 7) is 2.19. The lowest BCUT2D eigenvalue weighted by Crippen LogP contribution is -2.15. The minimum Gasteiger partial charge on any atom is -0.311 e. The average molecular weight is 659 g/mol. The number of allylic oxidation sites excluding steroid dienone is 11. The number of hydrogen-bond donors (Lipinski definition) is 0. The summed E-state index contributed by atoms with van der Waals surface area (Å²) in [5.74, 6) is 0.478. The maximum atomic E-state index is 2.47. The predicted octanol–water partition coefficient (Wildman–Crippen LogP) is 13.0. The Hall–Kier alpha value is -5.86. The van der Waals surface area contributed by atoms with E-state index in [2.05, 4.69) is 186 Å². The van der Waals surface area contributed by atoms with Gasteiger partial charge in [-0.25, -0.2) is 0 Å². The molecule has 3 aliphatic rings. The summed E-state index contributed by atoms with van der Waals surface area (Å²) in [7, 11) is 0. The van der Waals surface area contributed by atoms with E-state index in [0.717, 1.165) is 37.8 Å². The first-order valence-electron chi connectivity index (χ1n) is 18.4. The Balaban J connectivity index is 1.20. The molecule has 0 saturated carbocycles. The first-order valence-corrected chi connectivity index (χ1v) is 18.4. The smallest absolute Gasteiger partial charge is 0.0542 e. The highest BCUT2D eigenvalue weighted by molar-refractivity contribution is 6.11. The van der Waals surface area contributed by atoms with Crippen molar-refractivity contribution in [2.75, 3.05) is 4.90 Å². The van der Waals surface area contributed by atoms with Gasteiger partial charge < -0.3 is 9.47 Å². The van der Waals surface area contributed by atoms with Crippen molar-refractivity contribution in [3.8, 4) is 11.1 Å². The Morgan fingerprint density at radius 2 is 1.47 bits per heavy atom. The van der Waals surface area contributed by atoms with Gasteiger partial charge in [-0.3, -0.25) is 0 Å². The van der Waals surface area contributed by atoms with Crippen molar-refractivity contribution in [1.82, 2.24) is 4.57 Å². The zero-order valence-electron chi connectivity index (χ0n) is 29.2. The number of aromatic nitrogens is 1. The van der Waals surface area contributed by atoms with E-state index in [0.29, 0.717) is 5.92 Å². The van der Waals surface area contributed by atoms with Crippen LogP contribution in [-0.2, 0) is 12.8 Å². The predicted molar refractivity (Wildman–Crippen MR) is 217 cm³/mol. The van der Waals surface area contributed by atoms with Crippen molar-refractivity contribution in [1.29, 1.82) is 0 Å². The van der Waals surface area contributed by atoms with Crippen LogP contribution >= 0.6 is 0 Å². The van der Waals surface area contributed by atoms with Crippen LogP contribution in [0, 0.1) is 0 Å². The topological polar surface area (TPSA) is 8.17 Å². The number of rotatable bonds is 6. The standard InChI is InChI=1S/C49H42N2/c1-35-14-13-19-40(28-24-35)50(42-30-31-49-47(34-42)45-22-11-12-23-48(45)51(49)39-17-7-2-3-8-18-39)41-29-27-37-25-26-38(32-36-15-5-4-6-16-36)43-20-9-10-21-44(43)46(37)33-41/h2,4-12,14-24,27-31,33-34,38H,3,13,25-26,32H2,1H3. The molecular formula is C49H42N2. The van der Waals surface area contributed by atoms with Crippen molar-refractivity contribution in [3.63, 3.8) is 0 Å². The summed E-state index contributed by atoms with van der Waals surface area (Å²) in [5.41, 5.74) is 15.5. The zero-order valence-corrected chi connectivity index (χ0v) is 29.2. The van der Waals surface area contributed by atoms with Gasteiger partial charge in [-0.2, -0.15) is 0 Å². The second-order valence-corrected chi connectivity index (χ2v) is 14.0. The number of anilines is 2.